The second kappa shape index (κ2) is 10.6. The molecule has 0 radical (unpaired) electrons. The van der Waals surface area contributed by atoms with Crippen LogP contribution in [0, 0.1) is 0 Å². The Labute approximate surface area is 145 Å². The van der Waals surface area contributed by atoms with Crippen LogP contribution in [0.4, 0.5) is 4.79 Å². The molecule has 0 fully saturated rings. The van der Waals surface area contributed by atoms with Gasteiger partial charge in [-0.1, -0.05) is 22.6 Å². The predicted octanol–water partition coefficient (Wildman–Crippen LogP) is 1.77. The molecule has 22 heavy (non-hydrogen) atoms. The molecule has 0 spiro atoms. The number of alkyl halides is 1. The van der Waals surface area contributed by atoms with Gasteiger partial charge in [0.05, 0.1) is 11.5 Å². The maximum absolute atomic E-state index is 11.6. The molecule has 2 N–H and O–H groups in total. The lowest BCUT2D eigenvalue weighted by Crippen LogP contribution is -2.42. The van der Waals surface area contributed by atoms with Crippen molar-refractivity contribution < 1.29 is 23.9 Å². The number of unbranched alkanes of at least 4 members (excludes halogenated alkanes) is 1. The molecule has 7 nitrogen and oxygen atoms in total. The number of hydrogen-bond acceptors (Lipinski definition) is 5. The van der Waals surface area contributed by atoms with Crippen molar-refractivity contribution in [1.82, 2.24) is 10.6 Å². The van der Waals surface area contributed by atoms with Crippen molar-refractivity contribution in [3.05, 3.63) is 0 Å². The molecule has 0 rings (SSSR count). The van der Waals surface area contributed by atoms with E-state index in [9.17, 15) is 14.4 Å². The molecule has 128 valence electrons. The summed E-state index contributed by atoms with van der Waals surface area (Å²) in [6, 6.07) is -0.645. The Kier molecular flexibility index (Phi) is 10.1. The number of carbonyl (C=O) groups excluding carboxylic acids is 3. The predicted molar refractivity (Wildman–Crippen MR) is 90.9 cm³/mol. The summed E-state index contributed by atoms with van der Waals surface area (Å²) in [4.78, 5) is 34.3. The Morgan fingerprint density at radius 2 is 1.82 bits per heavy atom. The molecule has 0 aliphatic carbocycles. The third kappa shape index (κ3) is 10.6. The van der Waals surface area contributed by atoms with Gasteiger partial charge in [-0.25, -0.2) is 9.59 Å². The van der Waals surface area contributed by atoms with Crippen molar-refractivity contribution >= 4 is 40.6 Å². The summed E-state index contributed by atoms with van der Waals surface area (Å²) in [5, 5.41) is 5.26. The van der Waals surface area contributed by atoms with Crippen LogP contribution < -0.4 is 10.6 Å². The van der Waals surface area contributed by atoms with E-state index in [-0.39, 0.29) is 10.3 Å². The molecule has 0 aromatic rings. The zero-order chi connectivity index (χ0) is 17.2. The van der Waals surface area contributed by atoms with Gasteiger partial charge in [-0.3, -0.25) is 4.79 Å². The average molecular weight is 428 g/mol. The van der Waals surface area contributed by atoms with Gasteiger partial charge in [0.2, 0.25) is 5.91 Å². The Bertz CT molecular complexity index is 382. The van der Waals surface area contributed by atoms with Gasteiger partial charge >= 0.3 is 12.1 Å². The van der Waals surface area contributed by atoms with Crippen LogP contribution in [-0.2, 0) is 19.1 Å². The number of rotatable bonds is 8. The lowest BCUT2D eigenvalue weighted by atomic mass is 10.1. The number of methoxy groups -OCH3 is 1. The first-order valence-corrected chi connectivity index (χ1v) is 8.62. The lowest BCUT2D eigenvalue weighted by Gasteiger charge is -2.19. The molecule has 0 bridgehead atoms. The highest BCUT2D eigenvalue weighted by Gasteiger charge is 2.20. The number of nitrogens with one attached hydrogen (secondary N) is 2. The molecule has 0 aliphatic heterocycles. The molecule has 0 saturated carbocycles. The summed E-state index contributed by atoms with van der Waals surface area (Å²) in [6.45, 7) is 5.83. The van der Waals surface area contributed by atoms with E-state index in [0.29, 0.717) is 25.8 Å². The van der Waals surface area contributed by atoms with E-state index in [1.54, 1.807) is 20.8 Å². The number of carbonyl (C=O) groups is 3. The first-order chi connectivity index (χ1) is 10.2. The smallest absolute Gasteiger partial charge is 0.407 e. The number of halogens is 1. The molecule has 8 heteroatoms. The Morgan fingerprint density at radius 3 is 2.32 bits per heavy atom. The summed E-state index contributed by atoms with van der Waals surface area (Å²) in [6.07, 6.45) is 1.34. The van der Waals surface area contributed by atoms with Gasteiger partial charge < -0.3 is 20.1 Å². The Hall–Kier alpha value is -1.06. The van der Waals surface area contributed by atoms with Gasteiger partial charge in [0.1, 0.15) is 11.6 Å². The van der Waals surface area contributed by atoms with E-state index in [1.807, 2.05) is 22.6 Å². The lowest BCUT2D eigenvalue weighted by molar-refractivity contribution is -0.145. The number of ether oxygens (including phenoxy) is 2. The van der Waals surface area contributed by atoms with Gasteiger partial charge in [0, 0.05) is 6.54 Å². The average Bonchev–Trinajstić information content (AvgIpc) is 2.42. The molecular weight excluding hydrogens is 403 g/mol. The van der Waals surface area contributed by atoms with Gasteiger partial charge in [-0.05, 0) is 40.0 Å². The third-order valence-corrected chi connectivity index (χ3v) is 3.22. The molecule has 0 heterocycles. The first kappa shape index (κ1) is 20.9. The topological polar surface area (TPSA) is 93.7 Å². The van der Waals surface area contributed by atoms with Crippen LogP contribution in [0.25, 0.3) is 0 Å². The Morgan fingerprint density at radius 1 is 1.18 bits per heavy atom. The summed E-state index contributed by atoms with van der Waals surface area (Å²) >= 11 is 1.93. The normalized spacial score (nSPS) is 12.2. The molecular formula is C14H25IN2O5. The number of esters is 1. The zero-order valence-electron chi connectivity index (χ0n) is 13.5. The molecule has 0 saturated heterocycles. The fraction of sp³-hybridized carbons (Fsp3) is 0.786. The molecule has 0 aromatic heterocycles. The quantitative estimate of drug-likeness (QED) is 0.266. The SMILES string of the molecule is COC(=O)[C@@H](CCCCNC(=O)OC(C)(C)C)NC(=O)CI. The minimum Gasteiger partial charge on any atom is -0.467 e. The Balaban J connectivity index is 4.01. The second-order valence-electron chi connectivity index (χ2n) is 5.70. The van der Waals surface area contributed by atoms with Crippen molar-refractivity contribution in [2.24, 2.45) is 0 Å². The summed E-state index contributed by atoms with van der Waals surface area (Å²) in [7, 11) is 1.29. The van der Waals surface area contributed by atoms with Gasteiger partial charge in [-0.15, -0.1) is 0 Å². The van der Waals surface area contributed by atoms with E-state index < -0.39 is 23.7 Å². The minimum absolute atomic E-state index is 0.206. The number of hydrogen-bond donors (Lipinski definition) is 2. The standard InChI is InChI=1S/C14H25IN2O5/c1-14(2,3)22-13(20)16-8-6-5-7-10(12(19)21-4)17-11(18)9-15/h10H,5-9H2,1-4H3,(H,16,20)(H,17,18)/t10-/m1/s1. The van der Waals surface area contributed by atoms with Gasteiger partial charge in [0.15, 0.2) is 0 Å². The maximum Gasteiger partial charge on any atom is 0.407 e. The summed E-state index contributed by atoms with van der Waals surface area (Å²) in [5.74, 6) is -0.666. The summed E-state index contributed by atoms with van der Waals surface area (Å²) in [5.41, 5.74) is -0.524. The zero-order valence-corrected chi connectivity index (χ0v) is 15.7. The van der Waals surface area contributed by atoms with E-state index >= 15 is 0 Å². The number of amides is 2. The van der Waals surface area contributed by atoms with Crippen LogP contribution in [-0.4, -0.2) is 47.7 Å². The highest BCUT2D eigenvalue weighted by molar-refractivity contribution is 14.1. The highest BCUT2D eigenvalue weighted by Crippen LogP contribution is 2.07. The van der Waals surface area contributed by atoms with Crippen LogP contribution in [0.1, 0.15) is 40.0 Å². The van der Waals surface area contributed by atoms with Crippen molar-refractivity contribution in [3.63, 3.8) is 0 Å². The van der Waals surface area contributed by atoms with Crippen LogP contribution in [0.5, 0.6) is 0 Å². The molecule has 0 unspecified atom stereocenters. The van der Waals surface area contributed by atoms with E-state index in [4.69, 9.17) is 4.74 Å². The third-order valence-electron chi connectivity index (χ3n) is 2.53. The van der Waals surface area contributed by atoms with E-state index in [2.05, 4.69) is 15.4 Å². The maximum atomic E-state index is 11.6. The van der Waals surface area contributed by atoms with E-state index in [1.165, 1.54) is 7.11 Å². The largest absolute Gasteiger partial charge is 0.467 e. The van der Waals surface area contributed by atoms with Gasteiger partial charge in [0.25, 0.3) is 0 Å². The summed E-state index contributed by atoms with van der Waals surface area (Å²) < 4.78 is 10.1. The molecule has 1 atom stereocenters. The monoisotopic (exact) mass is 428 g/mol. The minimum atomic E-state index is -0.645. The molecule has 0 aromatic carbocycles. The van der Waals surface area contributed by atoms with Crippen molar-refractivity contribution in [2.45, 2.75) is 51.7 Å². The second-order valence-corrected chi connectivity index (χ2v) is 6.46. The fourth-order valence-corrected chi connectivity index (χ4v) is 1.82. The highest BCUT2D eigenvalue weighted by atomic mass is 127. The van der Waals surface area contributed by atoms with Crippen LogP contribution in [0.3, 0.4) is 0 Å². The van der Waals surface area contributed by atoms with Crippen LogP contribution in [0.15, 0.2) is 0 Å². The van der Waals surface area contributed by atoms with E-state index in [0.717, 1.165) is 0 Å². The van der Waals surface area contributed by atoms with Crippen LogP contribution in [0.2, 0.25) is 0 Å². The number of alkyl carbamates (subject to hydrolysis) is 1. The fourth-order valence-electron chi connectivity index (χ4n) is 1.60. The molecule has 2 amide bonds. The van der Waals surface area contributed by atoms with Crippen molar-refractivity contribution in [2.75, 3.05) is 18.1 Å². The van der Waals surface area contributed by atoms with Crippen molar-refractivity contribution in [3.8, 4) is 0 Å². The molecule has 0 aliphatic rings. The van der Waals surface area contributed by atoms with Crippen LogP contribution >= 0.6 is 22.6 Å². The first-order valence-electron chi connectivity index (χ1n) is 7.09. The van der Waals surface area contributed by atoms with Crippen molar-refractivity contribution in [1.29, 1.82) is 0 Å². The van der Waals surface area contributed by atoms with Gasteiger partial charge in [-0.2, -0.15) is 0 Å².